The number of hydrogen-bond acceptors (Lipinski definition) is 2. The minimum Gasteiger partial charge on any atom is -0.381 e. The van der Waals surface area contributed by atoms with Crippen molar-refractivity contribution < 1.29 is 0 Å². The van der Waals surface area contributed by atoms with E-state index < -0.39 is 0 Å². The number of benzene rings is 1. The Bertz CT molecular complexity index is 547. The highest BCUT2D eigenvalue weighted by Gasteiger charge is 2.18. The Morgan fingerprint density at radius 3 is 2.90 bits per heavy atom. The fraction of sp³-hybridized carbons (Fsp3) is 0.500. The lowest BCUT2D eigenvalue weighted by Gasteiger charge is -2.20. The number of rotatable bonds is 4. The SMILES string of the molecule is CCC1CCCC(Nc2ccccc2-n2ccnc2)CC1. The molecule has 0 bridgehead atoms. The predicted molar refractivity (Wildman–Crippen MR) is 87.8 cm³/mol. The van der Waals surface area contributed by atoms with Gasteiger partial charge in [0.15, 0.2) is 0 Å². The van der Waals surface area contributed by atoms with Crippen molar-refractivity contribution in [3.05, 3.63) is 43.0 Å². The molecule has 112 valence electrons. The van der Waals surface area contributed by atoms with Gasteiger partial charge in [-0.2, -0.15) is 0 Å². The van der Waals surface area contributed by atoms with Crippen LogP contribution in [0.5, 0.6) is 0 Å². The molecule has 1 aliphatic carbocycles. The first-order valence-corrected chi connectivity index (χ1v) is 8.20. The minimum absolute atomic E-state index is 0.603. The fourth-order valence-corrected chi connectivity index (χ4v) is 3.37. The molecule has 3 heteroatoms. The van der Waals surface area contributed by atoms with Gasteiger partial charge in [-0.3, -0.25) is 0 Å². The van der Waals surface area contributed by atoms with Gasteiger partial charge in [-0.15, -0.1) is 0 Å². The van der Waals surface area contributed by atoms with Crippen molar-refractivity contribution in [2.24, 2.45) is 5.92 Å². The van der Waals surface area contributed by atoms with Gasteiger partial charge in [-0.25, -0.2) is 4.98 Å². The zero-order valence-corrected chi connectivity index (χ0v) is 12.8. The molecule has 1 aliphatic rings. The smallest absolute Gasteiger partial charge is 0.0992 e. The molecule has 3 rings (SSSR count). The average Bonchev–Trinajstić information content (AvgIpc) is 2.95. The standard InChI is InChI=1S/C18H25N3/c1-2-15-6-5-7-16(11-10-15)20-17-8-3-4-9-18(17)21-13-12-19-14-21/h3-4,8-9,12-16,20H,2,5-7,10-11H2,1H3. The largest absolute Gasteiger partial charge is 0.381 e. The van der Waals surface area contributed by atoms with Gasteiger partial charge in [-0.1, -0.05) is 38.3 Å². The molecule has 0 radical (unpaired) electrons. The summed E-state index contributed by atoms with van der Waals surface area (Å²) in [5.74, 6) is 0.931. The van der Waals surface area contributed by atoms with Crippen molar-refractivity contribution in [3.63, 3.8) is 0 Å². The van der Waals surface area contributed by atoms with E-state index in [1.165, 1.54) is 49.9 Å². The monoisotopic (exact) mass is 283 g/mol. The summed E-state index contributed by atoms with van der Waals surface area (Å²) in [4.78, 5) is 4.16. The van der Waals surface area contributed by atoms with E-state index in [1.54, 1.807) is 0 Å². The summed E-state index contributed by atoms with van der Waals surface area (Å²) in [6, 6.07) is 9.12. The van der Waals surface area contributed by atoms with Crippen LogP contribution in [0.1, 0.15) is 45.4 Å². The number of imidazole rings is 1. The maximum absolute atomic E-state index is 4.16. The van der Waals surface area contributed by atoms with Crippen molar-refractivity contribution in [2.45, 2.75) is 51.5 Å². The molecule has 2 unspecified atom stereocenters. The van der Waals surface area contributed by atoms with E-state index in [0.29, 0.717) is 6.04 Å². The summed E-state index contributed by atoms with van der Waals surface area (Å²) in [6.45, 7) is 2.33. The van der Waals surface area contributed by atoms with E-state index in [1.807, 2.05) is 18.7 Å². The maximum Gasteiger partial charge on any atom is 0.0992 e. The van der Waals surface area contributed by atoms with Crippen LogP contribution in [0.15, 0.2) is 43.0 Å². The number of nitrogens with one attached hydrogen (secondary N) is 1. The topological polar surface area (TPSA) is 29.9 Å². The Morgan fingerprint density at radius 1 is 1.19 bits per heavy atom. The first-order valence-electron chi connectivity index (χ1n) is 8.20. The van der Waals surface area contributed by atoms with Gasteiger partial charge in [0, 0.05) is 18.4 Å². The molecule has 0 saturated heterocycles. The molecule has 3 nitrogen and oxygen atoms in total. The molecule has 0 amide bonds. The minimum atomic E-state index is 0.603. The summed E-state index contributed by atoms with van der Waals surface area (Å²) in [5.41, 5.74) is 2.40. The average molecular weight is 283 g/mol. The van der Waals surface area contributed by atoms with E-state index in [9.17, 15) is 0 Å². The van der Waals surface area contributed by atoms with E-state index in [0.717, 1.165) is 5.92 Å². The number of nitrogens with zero attached hydrogens (tertiary/aromatic N) is 2. The first-order chi connectivity index (χ1) is 10.4. The van der Waals surface area contributed by atoms with E-state index in [2.05, 4.69) is 46.1 Å². The molecule has 0 aliphatic heterocycles. The van der Waals surface area contributed by atoms with Gasteiger partial charge in [0.05, 0.1) is 17.7 Å². The van der Waals surface area contributed by atoms with Crippen LogP contribution < -0.4 is 5.32 Å². The molecule has 1 saturated carbocycles. The van der Waals surface area contributed by atoms with E-state index in [4.69, 9.17) is 0 Å². The Hall–Kier alpha value is -1.77. The van der Waals surface area contributed by atoms with Crippen molar-refractivity contribution >= 4 is 5.69 Å². The normalized spacial score (nSPS) is 22.7. The third kappa shape index (κ3) is 3.46. The molecular weight excluding hydrogens is 258 g/mol. The van der Waals surface area contributed by atoms with Gasteiger partial charge in [0.1, 0.15) is 0 Å². The molecular formula is C18H25N3. The predicted octanol–water partition coefficient (Wildman–Crippen LogP) is 4.64. The highest BCUT2D eigenvalue weighted by Crippen LogP contribution is 2.29. The maximum atomic E-state index is 4.16. The number of aromatic nitrogens is 2. The van der Waals surface area contributed by atoms with Crippen LogP contribution in [0.4, 0.5) is 5.69 Å². The Labute approximate surface area is 127 Å². The zero-order valence-electron chi connectivity index (χ0n) is 12.8. The van der Waals surface area contributed by atoms with Gasteiger partial charge in [0.2, 0.25) is 0 Å². The summed E-state index contributed by atoms with van der Waals surface area (Å²) < 4.78 is 2.08. The lowest BCUT2D eigenvalue weighted by atomic mass is 9.98. The Balaban J connectivity index is 1.73. The molecule has 1 heterocycles. The van der Waals surface area contributed by atoms with Gasteiger partial charge >= 0.3 is 0 Å². The van der Waals surface area contributed by atoms with Crippen LogP contribution in [-0.2, 0) is 0 Å². The molecule has 1 fully saturated rings. The highest BCUT2D eigenvalue weighted by molar-refractivity contribution is 5.61. The second-order valence-corrected chi connectivity index (χ2v) is 6.11. The number of para-hydroxylation sites is 2. The molecule has 1 N–H and O–H groups in total. The molecule has 1 aromatic carbocycles. The third-order valence-corrected chi connectivity index (χ3v) is 4.71. The Kier molecular flexibility index (Phi) is 4.59. The molecule has 2 aromatic rings. The van der Waals surface area contributed by atoms with Crippen LogP contribution in [0.3, 0.4) is 0 Å². The number of anilines is 1. The second kappa shape index (κ2) is 6.79. The van der Waals surface area contributed by atoms with Crippen molar-refractivity contribution in [3.8, 4) is 5.69 Å². The van der Waals surface area contributed by atoms with Crippen molar-refractivity contribution in [1.29, 1.82) is 0 Å². The van der Waals surface area contributed by atoms with Crippen LogP contribution in [-0.4, -0.2) is 15.6 Å². The highest BCUT2D eigenvalue weighted by atomic mass is 15.1. The van der Waals surface area contributed by atoms with E-state index >= 15 is 0 Å². The van der Waals surface area contributed by atoms with Gasteiger partial charge in [-0.05, 0) is 37.3 Å². The molecule has 21 heavy (non-hydrogen) atoms. The van der Waals surface area contributed by atoms with Gasteiger partial charge < -0.3 is 9.88 Å². The van der Waals surface area contributed by atoms with Crippen LogP contribution in [0, 0.1) is 5.92 Å². The van der Waals surface area contributed by atoms with Crippen molar-refractivity contribution in [2.75, 3.05) is 5.32 Å². The molecule has 0 spiro atoms. The summed E-state index contributed by atoms with van der Waals surface area (Å²) in [5, 5.41) is 3.77. The van der Waals surface area contributed by atoms with Crippen LogP contribution >= 0.6 is 0 Å². The summed E-state index contributed by atoms with van der Waals surface area (Å²) >= 11 is 0. The Morgan fingerprint density at radius 2 is 2.10 bits per heavy atom. The summed E-state index contributed by atoms with van der Waals surface area (Å²) in [7, 11) is 0. The van der Waals surface area contributed by atoms with Crippen LogP contribution in [0.25, 0.3) is 5.69 Å². The lowest BCUT2D eigenvalue weighted by molar-refractivity contribution is 0.444. The van der Waals surface area contributed by atoms with Gasteiger partial charge in [0.25, 0.3) is 0 Å². The fourth-order valence-electron chi connectivity index (χ4n) is 3.37. The molecule has 1 aromatic heterocycles. The lowest BCUT2D eigenvalue weighted by Crippen LogP contribution is -2.19. The first kappa shape index (κ1) is 14.2. The zero-order chi connectivity index (χ0) is 14.5. The summed E-state index contributed by atoms with van der Waals surface area (Å²) in [6.07, 6.45) is 13.7. The molecule has 2 atom stereocenters. The third-order valence-electron chi connectivity index (χ3n) is 4.71. The van der Waals surface area contributed by atoms with Crippen molar-refractivity contribution in [1.82, 2.24) is 9.55 Å². The van der Waals surface area contributed by atoms with E-state index in [-0.39, 0.29) is 0 Å². The second-order valence-electron chi connectivity index (χ2n) is 6.11. The number of hydrogen-bond donors (Lipinski definition) is 1. The van der Waals surface area contributed by atoms with Crippen LogP contribution in [0.2, 0.25) is 0 Å². The quantitative estimate of drug-likeness (QED) is 0.828.